The van der Waals surface area contributed by atoms with Crippen LogP contribution in [0, 0.1) is 11.8 Å². The first-order valence-electron chi connectivity index (χ1n) is 5.71. The zero-order valence-corrected chi connectivity index (χ0v) is 10.1. The number of amides is 1. The molecule has 2 N–H and O–H groups in total. The Bertz CT molecular complexity index is 627. The van der Waals surface area contributed by atoms with E-state index in [9.17, 15) is 4.79 Å². The molecule has 0 aliphatic heterocycles. The molecule has 0 aliphatic carbocycles. The lowest BCUT2D eigenvalue weighted by Gasteiger charge is -2.06. The second-order valence-electron chi connectivity index (χ2n) is 3.70. The van der Waals surface area contributed by atoms with Crippen molar-refractivity contribution in [3.05, 3.63) is 59.9 Å². The van der Waals surface area contributed by atoms with E-state index < -0.39 is 0 Å². The molecule has 4 heteroatoms. The number of pyridine rings is 1. The minimum atomic E-state index is -0.242. The van der Waals surface area contributed by atoms with E-state index in [1.807, 2.05) is 0 Å². The van der Waals surface area contributed by atoms with Crippen LogP contribution in [0.4, 0.5) is 5.69 Å². The molecule has 0 saturated heterocycles. The van der Waals surface area contributed by atoms with Gasteiger partial charge in [-0.2, -0.15) is 0 Å². The highest BCUT2D eigenvalue weighted by atomic mass is 16.2. The summed E-state index contributed by atoms with van der Waals surface area (Å²) < 4.78 is 0. The van der Waals surface area contributed by atoms with Crippen molar-refractivity contribution in [3.63, 3.8) is 0 Å². The van der Waals surface area contributed by atoms with Gasteiger partial charge in [-0.1, -0.05) is 24.0 Å². The van der Waals surface area contributed by atoms with Crippen molar-refractivity contribution < 1.29 is 9.90 Å². The smallest absolute Gasteiger partial charge is 0.256 e. The quantitative estimate of drug-likeness (QED) is 0.799. The van der Waals surface area contributed by atoms with Crippen LogP contribution in [-0.2, 0) is 0 Å². The van der Waals surface area contributed by atoms with E-state index in [2.05, 4.69) is 22.1 Å². The molecule has 4 nitrogen and oxygen atoms in total. The van der Waals surface area contributed by atoms with Crippen LogP contribution in [0.3, 0.4) is 0 Å². The second-order valence-corrected chi connectivity index (χ2v) is 3.70. The number of benzene rings is 1. The molecule has 1 heterocycles. The van der Waals surface area contributed by atoms with E-state index in [1.54, 1.807) is 48.8 Å². The molecule has 94 valence electrons. The average Bonchev–Trinajstić information content (AvgIpc) is 2.46. The predicted molar refractivity (Wildman–Crippen MR) is 72.6 cm³/mol. The van der Waals surface area contributed by atoms with Crippen molar-refractivity contribution in [1.82, 2.24) is 4.98 Å². The summed E-state index contributed by atoms with van der Waals surface area (Å²) in [5.41, 5.74) is 1.73. The largest absolute Gasteiger partial charge is 0.384 e. The molecule has 0 spiro atoms. The van der Waals surface area contributed by atoms with E-state index in [1.165, 1.54) is 0 Å². The summed E-state index contributed by atoms with van der Waals surface area (Å²) in [7, 11) is 0. The molecule has 0 saturated carbocycles. The van der Waals surface area contributed by atoms with Gasteiger partial charge in [-0.25, -0.2) is 0 Å². The lowest BCUT2D eigenvalue weighted by atomic mass is 10.1. The van der Waals surface area contributed by atoms with Gasteiger partial charge in [0.1, 0.15) is 6.61 Å². The second kappa shape index (κ2) is 6.34. The number of aromatic nitrogens is 1. The molecular weight excluding hydrogens is 240 g/mol. The third-order valence-corrected chi connectivity index (χ3v) is 2.41. The lowest BCUT2D eigenvalue weighted by molar-refractivity contribution is 0.102. The van der Waals surface area contributed by atoms with Gasteiger partial charge in [-0.3, -0.25) is 9.78 Å². The van der Waals surface area contributed by atoms with Crippen LogP contribution in [0.15, 0.2) is 48.8 Å². The molecule has 0 atom stereocenters. The summed E-state index contributed by atoms with van der Waals surface area (Å²) in [5.74, 6) is 5.05. The molecule has 0 fully saturated rings. The molecule has 19 heavy (non-hydrogen) atoms. The summed E-state index contributed by atoms with van der Waals surface area (Å²) >= 11 is 0. The number of aliphatic hydroxyl groups excluding tert-OH is 1. The number of hydrogen-bond acceptors (Lipinski definition) is 3. The minimum absolute atomic E-state index is 0.236. The maximum atomic E-state index is 12.1. The van der Waals surface area contributed by atoms with Gasteiger partial charge in [-0.05, 0) is 24.3 Å². The number of anilines is 1. The number of aliphatic hydroxyl groups is 1. The predicted octanol–water partition coefficient (Wildman–Crippen LogP) is 1.68. The first kappa shape index (κ1) is 12.8. The number of rotatable bonds is 2. The van der Waals surface area contributed by atoms with Gasteiger partial charge in [0.15, 0.2) is 0 Å². The van der Waals surface area contributed by atoms with Crippen LogP contribution >= 0.6 is 0 Å². The van der Waals surface area contributed by atoms with E-state index in [0.29, 0.717) is 16.8 Å². The summed E-state index contributed by atoms with van der Waals surface area (Å²) in [5, 5.41) is 11.5. The zero-order chi connectivity index (χ0) is 13.5. The Morgan fingerprint density at radius 3 is 2.68 bits per heavy atom. The summed E-state index contributed by atoms with van der Waals surface area (Å²) in [6.07, 6.45) is 3.21. The van der Waals surface area contributed by atoms with Crippen molar-refractivity contribution >= 4 is 11.6 Å². The van der Waals surface area contributed by atoms with Gasteiger partial charge in [-0.15, -0.1) is 0 Å². The third kappa shape index (κ3) is 3.41. The Kier molecular flexibility index (Phi) is 4.27. The minimum Gasteiger partial charge on any atom is -0.384 e. The number of carbonyl (C=O) groups is 1. The number of nitrogens with zero attached hydrogens (tertiary/aromatic N) is 1. The summed E-state index contributed by atoms with van der Waals surface area (Å²) in [6, 6.07) is 10.4. The molecule has 0 radical (unpaired) electrons. The third-order valence-electron chi connectivity index (χ3n) is 2.41. The normalized spacial score (nSPS) is 9.32. The molecule has 1 aromatic heterocycles. The van der Waals surface area contributed by atoms with Crippen LogP contribution in [0.1, 0.15) is 15.9 Å². The van der Waals surface area contributed by atoms with Gasteiger partial charge < -0.3 is 10.4 Å². The molecule has 1 amide bonds. The molecule has 2 rings (SSSR count). The Balaban J connectivity index is 2.24. The van der Waals surface area contributed by atoms with Crippen molar-refractivity contribution in [2.24, 2.45) is 0 Å². The standard InChI is InChI=1S/C15H12N2O2/c18-11-3-5-12-4-1-2-6-14(12)15(19)17-13-7-9-16-10-8-13/h1-2,4,6-10,18H,11H2,(H,16,17,19). The summed E-state index contributed by atoms with van der Waals surface area (Å²) in [4.78, 5) is 16.0. The fraction of sp³-hybridized carbons (Fsp3) is 0.0667. The van der Waals surface area contributed by atoms with Gasteiger partial charge in [0.25, 0.3) is 5.91 Å². The van der Waals surface area contributed by atoms with Crippen LogP contribution in [0.25, 0.3) is 0 Å². The molecule has 0 bridgehead atoms. The van der Waals surface area contributed by atoms with Gasteiger partial charge in [0.2, 0.25) is 0 Å². The maximum Gasteiger partial charge on any atom is 0.256 e. The molecule has 1 aromatic carbocycles. The molecule has 2 aromatic rings. The SMILES string of the molecule is O=C(Nc1ccncc1)c1ccccc1C#CCO. The monoisotopic (exact) mass is 252 g/mol. The van der Waals surface area contributed by atoms with Gasteiger partial charge in [0.05, 0.1) is 5.56 Å². The number of carbonyl (C=O) groups excluding carboxylic acids is 1. The molecular formula is C15H12N2O2. The highest BCUT2D eigenvalue weighted by Gasteiger charge is 2.09. The highest BCUT2D eigenvalue weighted by molar-refractivity contribution is 6.05. The van der Waals surface area contributed by atoms with Crippen molar-refractivity contribution in [2.75, 3.05) is 11.9 Å². The Labute approximate surface area is 111 Å². The van der Waals surface area contributed by atoms with E-state index in [-0.39, 0.29) is 12.5 Å². The average molecular weight is 252 g/mol. The van der Waals surface area contributed by atoms with Crippen LogP contribution in [0.2, 0.25) is 0 Å². The van der Waals surface area contributed by atoms with E-state index in [0.717, 1.165) is 0 Å². The van der Waals surface area contributed by atoms with Crippen molar-refractivity contribution in [1.29, 1.82) is 0 Å². The topological polar surface area (TPSA) is 62.2 Å². The molecule has 0 unspecified atom stereocenters. The fourth-order valence-corrected chi connectivity index (χ4v) is 1.56. The van der Waals surface area contributed by atoms with Crippen LogP contribution in [-0.4, -0.2) is 22.6 Å². The fourth-order valence-electron chi connectivity index (χ4n) is 1.56. The Morgan fingerprint density at radius 1 is 1.21 bits per heavy atom. The Hall–Kier alpha value is -2.64. The van der Waals surface area contributed by atoms with Crippen molar-refractivity contribution in [3.8, 4) is 11.8 Å². The zero-order valence-electron chi connectivity index (χ0n) is 10.1. The molecule has 0 aliphatic rings. The highest BCUT2D eigenvalue weighted by Crippen LogP contribution is 2.11. The maximum absolute atomic E-state index is 12.1. The van der Waals surface area contributed by atoms with Crippen molar-refractivity contribution in [2.45, 2.75) is 0 Å². The summed E-state index contributed by atoms with van der Waals surface area (Å²) in [6.45, 7) is -0.236. The van der Waals surface area contributed by atoms with Crippen LogP contribution < -0.4 is 5.32 Å². The lowest BCUT2D eigenvalue weighted by Crippen LogP contribution is -2.13. The number of nitrogens with one attached hydrogen (secondary N) is 1. The Morgan fingerprint density at radius 2 is 1.95 bits per heavy atom. The van der Waals surface area contributed by atoms with E-state index in [4.69, 9.17) is 5.11 Å². The van der Waals surface area contributed by atoms with Gasteiger partial charge >= 0.3 is 0 Å². The first-order chi connectivity index (χ1) is 9.31. The van der Waals surface area contributed by atoms with E-state index >= 15 is 0 Å². The van der Waals surface area contributed by atoms with Crippen LogP contribution in [0.5, 0.6) is 0 Å². The number of hydrogen-bond donors (Lipinski definition) is 2. The first-order valence-corrected chi connectivity index (χ1v) is 5.71. The van der Waals surface area contributed by atoms with Gasteiger partial charge in [0, 0.05) is 23.6 Å².